The van der Waals surface area contributed by atoms with E-state index in [1.807, 2.05) is 6.92 Å². The largest absolute Gasteiger partial charge is 0.466 e. The van der Waals surface area contributed by atoms with Crippen molar-refractivity contribution in [2.75, 3.05) is 6.61 Å². The Morgan fingerprint density at radius 2 is 1.97 bits per heavy atom. The van der Waals surface area contributed by atoms with E-state index < -0.39 is 40.4 Å². The highest BCUT2D eigenvalue weighted by atomic mass is 35.5. The zero-order valence-corrected chi connectivity index (χ0v) is 17.6. The number of aliphatic hydroxyl groups excluding tert-OH is 1. The Labute approximate surface area is 174 Å². The van der Waals surface area contributed by atoms with Crippen LogP contribution >= 0.6 is 11.6 Å². The van der Waals surface area contributed by atoms with Gasteiger partial charge in [-0.1, -0.05) is 19.9 Å². The predicted molar refractivity (Wildman–Crippen MR) is 104 cm³/mol. The molecular formula is C22H27ClF2O4. The van der Waals surface area contributed by atoms with Crippen LogP contribution in [-0.2, 0) is 14.3 Å². The third kappa shape index (κ3) is 2.85. The van der Waals surface area contributed by atoms with E-state index in [2.05, 4.69) is 0 Å². The number of carbonyl (C=O) groups excluding carboxylic acids is 2. The topological polar surface area (TPSA) is 63.6 Å². The van der Waals surface area contributed by atoms with E-state index >= 15 is 8.78 Å². The number of hydrogen-bond donors (Lipinski definition) is 1. The van der Waals surface area contributed by atoms with Gasteiger partial charge in [0.1, 0.15) is 0 Å². The molecule has 29 heavy (non-hydrogen) atoms. The van der Waals surface area contributed by atoms with Gasteiger partial charge < -0.3 is 9.84 Å². The summed E-state index contributed by atoms with van der Waals surface area (Å²) >= 11 is 7.15. The maximum absolute atomic E-state index is 15.3. The Morgan fingerprint density at radius 1 is 1.28 bits per heavy atom. The molecule has 3 saturated carbocycles. The number of ether oxygens (including phenoxy) is 1. The van der Waals surface area contributed by atoms with E-state index in [9.17, 15) is 14.7 Å². The maximum Gasteiger partial charge on any atom is 0.302 e. The summed E-state index contributed by atoms with van der Waals surface area (Å²) in [6.45, 7) is 5.25. The summed E-state index contributed by atoms with van der Waals surface area (Å²) in [6, 6.07) is 0. The molecule has 0 aromatic rings. The number of allylic oxidation sites excluding steroid dienone is 4. The first-order valence-electron chi connectivity index (χ1n) is 10.2. The quantitative estimate of drug-likeness (QED) is 0.532. The van der Waals surface area contributed by atoms with Gasteiger partial charge >= 0.3 is 5.97 Å². The molecule has 7 atom stereocenters. The molecule has 0 aliphatic heterocycles. The van der Waals surface area contributed by atoms with Gasteiger partial charge in [-0.3, -0.25) is 9.59 Å². The van der Waals surface area contributed by atoms with Crippen LogP contribution < -0.4 is 0 Å². The number of ketones is 1. The zero-order valence-electron chi connectivity index (χ0n) is 16.9. The predicted octanol–water partition coefficient (Wildman–Crippen LogP) is 4.05. The Morgan fingerprint density at radius 3 is 2.62 bits per heavy atom. The molecule has 0 amide bonds. The Balaban J connectivity index is 1.76. The highest BCUT2D eigenvalue weighted by Crippen LogP contribution is 2.71. The third-order valence-corrected chi connectivity index (χ3v) is 8.95. The number of rotatable bonds is 2. The highest BCUT2D eigenvalue weighted by molar-refractivity contribution is 6.26. The molecule has 160 valence electrons. The number of aliphatic hydroxyl groups is 1. The average molecular weight is 429 g/mol. The number of esters is 1. The Bertz CT molecular complexity index is 824. The van der Waals surface area contributed by atoms with Crippen LogP contribution in [0.5, 0.6) is 0 Å². The summed E-state index contributed by atoms with van der Waals surface area (Å²) in [5.74, 6) is -4.71. The molecule has 0 aromatic heterocycles. The summed E-state index contributed by atoms with van der Waals surface area (Å²) in [5.41, 5.74) is -1.96. The van der Waals surface area contributed by atoms with Gasteiger partial charge in [-0.05, 0) is 54.6 Å². The number of fused-ring (bicyclic) bond motifs is 5. The fourth-order valence-corrected chi connectivity index (χ4v) is 7.29. The van der Waals surface area contributed by atoms with E-state index in [-0.39, 0.29) is 35.4 Å². The number of carbonyl (C=O) groups is 2. The summed E-state index contributed by atoms with van der Waals surface area (Å²) in [6.07, 6.45) is 3.99. The van der Waals surface area contributed by atoms with E-state index in [1.165, 1.54) is 19.1 Å². The van der Waals surface area contributed by atoms with Crippen molar-refractivity contribution in [3.63, 3.8) is 0 Å². The smallest absolute Gasteiger partial charge is 0.302 e. The van der Waals surface area contributed by atoms with Crippen molar-refractivity contribution in [3.8, 4) is 0 Å². The van der Waals surface area contributed by atoms with Crippen molar-refractivity contribution in [3.05, 3.63) is 23.8 Å². The molecule has 0 aromatic carbocycles. The molecule has 1 N–H and O–H groups in total. The van der Waals surface area contributed by atoms with Gasteiger partial charge in [0.2, 0.25) is 0 Å². The van der Waals surface area contributed by atoms with Crippen LogP contribution in [0, 0.1) is 28.6 Å². The number of halogens is 3. The lowest BCUT2D eigenvalue weighted by Gasteiger charge is -2.63. The van der Waals surface area contributed by atoms with E-state index in [4.69, 9.17) is 16.3 Å². The van der Waals surface area contributed by atoms with Gasteiger partial charge in [0.15, 0.2) is 5.78 Å². The number of alkyl halides is 3. The van der Waals surface area contributed by atoms with Gasteiger partial charge in [0, 0.05) is 24.3 Å². The summed E-state index contributed by atoms with van der Waals surface area (Å²) < 4.78 is 35.8. The van der Waals surface area contributed by atoms with Gasteiger partial charge in [-0.15, -0.1) is 11.6 Å². The lowest BCUT2D eigenvalue weighted by atomic mass is 9.46. The monoisotopic (exact) mass is 428 g/mol. The molecule has 4 nitrogen and oxygen atoms in total. The zero-order chi connectivity index (χ0) is 21.4. The van der Waals surface area contributed by atoms with Crippen molar-refractivity contribution >= 4 is 23.4 Å². The minimum absolute atomic E-state index is 0.0574. The van der Waals surface area contributed by atoms with Crippen LogP contribution in [0.3, 0.4) is 0 Å². The van der Waals surface area contributed by atoms with E-state index in [1.54, 1.807) is 6.92 Å². The van der Waals surface area contributed by atoms with Crippen LogP contribution in [0.1, 0.15) is 46.5 Å². The molecule has 0 radical (unpaired) electrons. The van der Waals surface area contributed by atoms with E-state index in [0.717, 1.165) is 6.08 Å². The van der Waals surface area contributed by atoms with Crippen molar-refractivity contribution in [2.45, 2.75) is 63.4 Å². The molecule has 4 aliphatic rings. The minimum atomic E-state index is -3.18. The van der Waals surface area contributed by atoms with Crippen LogP contribution in [-0.4, -0.2) is 40.4 Å². The molecule has 7 heteroatoms. The molecular weight excluding hydrogens is 402 g/mol. The molecule has 0 unspecified atom stereocenters. The molecule has 0 heterocycles. The average Bonchev–Trinajstić information content (AvgIpc) is 2.94. The normalized spacial score (nSPS) is 47.7. The molecule has 0 spiro atoms. The van der Waals surface area contributed by atoms with Crippen molar-refractivity contribution in [1.29, 1.82) is 0 Å². The van der Waals surface area contributed by atoms with Crippen LogP contribution in [0.2, 0.25) is 0 Å². The van der Waals surface area contributed by atoms with Crippen LogP contribution in [0.4, 0.5) is 8.78 Å². The summed E-state index contributed by atoms with van der Waals surface area (Å²) in [5, 5.41) is 11.2. The van der Waals surface area contributed by atoms with Crippen molar-refractivity contribution in [2.24, 2.45) is 28.6 Å². The van der Waals surface area contributed by atoms with Crippen LogP contribution in [0.25, 0.3) is 0 Å². The second-order valence-electron chi connectivity index (χ2n) is 9.87. The lowest BCUT2D eigenvalue weighted by molar-refractivity contribution is -0.142. The molecule has 4 rings (SSSR count). The minimum Gasteiger partial charge on any atom is -0.466 e. The van der Waals surface area contributed by atoms with Gasteiger partial charge in [-0.25, -0.2) is 8.78 Å². The van der Waals surface area contributed by atoms with Crippen molar-refractivity contribution in [1.82, 2.24) is 0 Å². The lowest BCUT2D eigenvalue weighted by Crippen LogP contribution is -2.68. The van der Waals surface area contributed by atoms with Gasteiger partial charge in [-0.2, -0.15) is 0 Å². The fraction of sp³-hybridized carbons (Fsp3) is 0.727. The standard InChI is InChI=1S/C22H27ClF2O4/c1-12(26)29-11-13-6-15-16-9-21(24,25)17-7-14(27)4-5-20(17,3)22(16,23)18(28)10-19(15,2)8-13/h4-5,7,13,15-16,18,28H,6,8-11H2,1-3H3/t13-,15+,16+,18+,19+,20+,22+/m1/s1. The highest BCUT2D eigenvalue weighted by Gasteiger charge is 2.72. The van der Waals surface area contributed by atoms with Crippen LogP contribution in [0.15, 0.2) is 23.8 Å². The Kier molecular flexibility index (Phi) is 4.60. The molecule has 0 bridgehead atoms. The third-order valence-electron chi connectivity index (χ3n) is 8.02. The fourth-order valence-electron chi connectivity index (χ4n) is 6.82. The molecule has 0 saturated heterocycles. The van der Waals surface area contributed by atoms with Gasteiger partial charge in [0.25, 0.3) is 5.92 Å². The Hall–Kier alpha value is -1.27. The molecule has 4 aliphatic carbocycles. The van der Waals surface area contributed by atoms with E-state index in [0.29, 0.717) is 19.3 Å². The van der Waals surface area contributed by atoms with Gasteiger partial charge in [0.05, 0.1) is 17.6 Å². The summed E-state index contributed by atoms with van der Waals surface area (Å²) in [7, 11) is 0. The van der Waals surface area contributed by atoms with Crippen molar-refractivity contribution < 1.29 is 28.2 Å². The first-order chi connectivity index (χ1) is 13.3. The first-order valence-corrected chi connectivity index (χ1v) is 10.6. The summed E-state index contributed by atoms with van der Waals surface area (Å²) in [4.78, 5) is 21.7. The number of hydrogen-bond acceptors (Lipinski definition) is 4. The second-order valence-corrected chi connectivity index (χ2v) is 10.5. The maximum atomic E-state index is 15.3. The first kappa shape index (κ1) is 21.0. The molecule has 3 fully saturated rings. The SMILES string of the molecule is CC(=O)OC[C@@H]1C[C@H]2[C@@H]3CC(F)(F)C4=CC(=O)C=C[C@]4(C)[C@@]3(Cl)[C@@H](O)C[C@]2(C)C1. The second kappa shape index (κ2) is 6.36.